The molecular weight excluding hydrogens is 496 g/mol. The van der Waals surface area contributed by atoms with Crippen molar-refractivity contribution in [1.82, 2.24) is 14.7 Å². The molecule has 0 fully saturated rings. The molecule has 0 unspecified atom stereocenters. The second-order valence-electron chi connectivity index (χ2n) is 10.6. The van der Waals surface area contributed by atoms with Crippen LogP contribution in [-0.2, 0) is 14.9 Å². The number of hydrogen-bond acceptors (Lipinski definition) is 6. The summed E-state index contributed by atoms with van der Waals surface area (Å²) in [7, 11) is 4.65. The predicted molar refractivity (Wildman–Crippen MR) is 152 cm³/mol. The van der Waals surface area contributed by atoms with Crippen molar-refractivity contribution in [2.24, 2.45) is 0 Å². The lowest BCUT2D eigenvalue weighted by molar-refractivity contribution is -0.117. The van der Waals surface area contributed by atoms with E-state index in [1.807, 2.05) is 32.0 Å². The van der Waals surface area contributed by atoms with Crippen LogP contribution in [-0.4, -0.2) is 67.5 Å². The van der Waals surface area contributed by atoms with Crippen LogP contribution in [0.3, 0.4) is 0 Å². The van der Waals surface area contributed by atoms with Crippen LogP contribution >= 0.6 is 0 Å². The summed E-state index contributed by atoms with van der Waals surface area (Å²) >= 11 is 0. The van der Waals surface area contributed by atoms with Crippen LogP contribution in [0.25, 0.3) is 5.69 Å². The minimum Gasteiger partial charge on any atom is -0.497 e. The summed E-state index contributed by atoms with van der Waals surface area (Å²) in [4.78, 5) is 28.4. The molecule has 2 aromatic carbocycles. The van der Waals surface area contributed by atoms with Crippen LogP contribution in [0.5, 0.6) is 11.5 Å². The number of hydrogen-bond donors (Lipinski definition) is 1. The summed E-state index contributed by atoms with van der Waals surface area (Å²) in [6.45, 7) is 10.9. The van der Waals surface area contributed by atoms with E-state index in [0.717, 1.165) is 22.5 Å². The van der Waals surface area contributed by atoms with Crippen LogP contribution in [0.4, 0.5) is 5.82 Å². The van der Waals surface area contributed by atoms with Gasteiger partial charge in [-0.2, -0.15) is 5.10 Å². The van der Waals surface area contributed by atoms with Crippen molar-refractivity contribution in [1.29, 1.82) is 0 Å². The average molecular weight is 537 g/mol. The fourth-order valence-corrected chi connectivity index (χ4v) is 4.18. The maximum atomic E-state index is 13.5. The fraction of sp³-hybridized carbons (Fsp3) is 0.433. The Morgan fingerprint density at radius 3 is 2.21 bits per heavy atom. The summed E-state index contributed by atoms with van der Waals surface area (Å²) in [5.41, 5.74) is 4.04. The molecule has 0 aliphatic carbocycles. The Kier molecular flexibility index (Phi) is 9.75. The number of carbonyl (C=O) groups is 2. The summed E-state index contributed by atoms with van der Waals surface area (Å²) in [6.07, 6.45) is 0.575. The third kappa shape index (κ3) is 7.60. The Balaban J connectivity index is 1.91. The van der Waals surface area contributed by atoms with E-state index in [4.69, 9.17) is 19.3 Å². The third-order valence-corrected chi connectivity index (χ3v) is 6.32. The summed E-state index contributed by atoms with van der Waals surface area (Å²) < 4.78 is 17.6. The first-order valence-electron chi connectivity index (χ1n) is 13.0. The van der Waals surface area contributed by atoms with E-state index in [-0.39, 0.29) is 23.8 Å². The minimum absolute atomic E-state index is 0.148. The highest BCUT2D eigenvalue weighted by Crippen LogP contribution is 2.28. The molecule has 0 saturated heterocycles. The highest BCUT2D eigenvalue weighted by atomic mass is 16.5. The molecule has 9 heteroatoms. The summed E-state index contributed by atoms with van der Waals surface area (Å²) in [6, 6.07) is 13.0. The second-order valence-corrected chi connectivity index (χ2v) is 10.6. The number of aryl methyl sites for hydroxylation is 2. The SMILES string of the molecule is COCCCN(CC(=O)Nc1cc(C(C)(C)C)nn1-c1ccc(C)cc1C)C(=O)c1cc(OC)cc(OC)c1. The monoisotopic (exact) mass is 536 g/mol. The number of benzene rings is 2. The van der Waals surface area contributed by atoms with Gasteiger partial charge < -0.3 is 24.4 Å². The number of nitrogens with zero attached hydrogens (tertiary/aromatic N) is 3. The number of aromatic nitrogens is 2. The van der Waals surface area contributed by atoms with Crippen LogP contribution in [0, 0.1) is 13.8 Å². The minimum atomic E-state index is -0.331. The van der Waals surface area contributed by atoms with Crippen LogP contribution in [0.1, 0.15) is 54.4 Å². The predicted octanol–water partition coefficient (Wildman–Crippen LogP) is 4.92. The number of anilines is 1. The topological polar surface area (TPSA) is 94.9 Å². The molecule has 2 amide bonds. The first-order chi connectivity index (χ1) is 18.5. The molecule has 0 aliphatic heterocycles. The first kappa shape index (κ1) is 29.7. The van der Waals surface area contributed by atoms with Gasteiger partial charge in [0.15, 0.2) is 0 Å². The van der Waals surface area contributed by atoms with Crippen LogP contribution in [0.2, 0.25) is 0 Å². The van der Waals surface area contributed by atoms with E-state index < -0.39 is 0 Å². The fourth-order valence-electron chi connectivity index (χ4n) is 4.18. The molecule has 39 heavy (non-hydrogen) atoms. The van der Waals surface area contributed by atoms with Gasteiger partial charge in [-0.25, -0.2) is 4.68 Å². The lowest BCUT2D eigenvalue weighted by atomic mass is 9.92. The van der Waals surface area contributed by atoms with Gasteiger partial charge >= 0.3 is 0 Å². The van der Waals surface area contributed by atoms with Gasteiger partial charge in [-0.15, -0.1) is 0 Å². The van der Waals surface area contributed by atoms with Crippen molar-refractivity contribution < 1.29 is 23.8 Å². The van der Waals surface area contributed by atoms with Gasteiger partial charge in [0.2, 0.25) is 5.91 Å². The smallest absolute Gasteiger partial charge is 0.254 e. The molecule has 1 aromatic heterocycles. The molecule has 210 valence electrons. The number of carbonyl (C=O) groups excluding carboxylic acids is 2. The number of methoxy groups -OCH3 is 3. The van der Waals surface area contributed by atoms with Crippen molar-refractivity contribution in [2.45, 2.75) is 46.5 Å². The third-order valence-electron chi connectivity index (χ3n) is 6.32. The van der Waals surface area contributed by atoms with E-state index >= 15 is 0 Å². The van der Waals surface area contributed by atoms with Crippen molar-refractivity contribution >= 4 is 17.6 Å². The van der Waals surface area contributed by atoms with E-state index in [1.165, 1.54) is 19.1 Å². The summed E-state index contributed by atoms with van der Waals surface area (Å²) in [5.74, 6) is 0.889. The summed E-state index contributed by atoms with van der Waals surface area (Å²) in [5, 5.41) is 7.84. The number of amides is 2. The average Bonchev–Trinajstić information content (AvgIpc) is 3.31. The van der Waals surface area contributed by atoms with E-state index in [2.05, 4.69) is 32.2 Å². The Morgan fingerprint density at radius 2 is 1.64 bits per heavy atom. The molecule has 0 atom stereocenters. The maximum absolute atomic E-state index is 13.5. The van der Waals surface area contributed by atoms with Gasteiger partial charge in [0.05, 0.1) is 25.6 Å². The highest BCUT2D eigenvalue weighted by molar-refractivity contribution is 5.99. The van der Waals surface area contributed by atoms with Crippen LogP contribution in [0.15, 0.2) is 42.5 Å². The Morgan fingerprint density at radius 1 is 0.974 bits per heavy atom. The maximum Gasteiger partial charge on any atom is 0.254 e. The number of nitrogens with one attached hydrogen (secondary N) is 1. The van der Waals surface area contributed by atoms with Gasteiger partial charge in [0.25, 0.3) is 5.91 Å². The largest absolute Gasteiger partial charge is 0.497 e. The van der Waals surface area contributed by atoms with Gasteiger partial charge in [-0.3, -0.25) is 9.59 Å². The molecular formula is C30H40N4O5. The van der Waals surface area contributed by atoms with Gasteiger partial charge in [0, 0.05) is 43.4 Å². The molecule has 3 rings (SSSR count). The van der Waals surface area contributed by atoms with Gasteiger partial charge in [-0.1, -0.05) is 38.5 Å². The van der Waals surface area contributed by atoms with E-state index in [1.54, 1.807) is 30.0 Å². The number of ether oxygens (including phenoxy) is 3. The molecule has 0 bridgehead atoms. The van der Waals surface area contributed by atoms with Crippen molar-refractivity contribution in [2.75, 3.05) is 46.3 Å². The molecule has 0 aliphatic rings. The zero-order valence-electron chi connectivity index (χ0n) is 24.3. The van der Waals surface area contributed by atoms with Crippen molar-refractivity contribution in [3.8, 4) is 17.2 Å². The van der Waals surface area contributed by atoms with Crippen molar-refractivity contribution in [3.63, 3.8) is 0 Å². The highest BCUT2D eigenvalue weighted by Gasteiger charge is 2.24. The molecule has 0 saturated carbocycles. The Labute approximate surface area is 231 Å². The zero-order valence-corrected chi connectivity index (χ0v) is 24.3. The Hall–Kier alpha value is -3.85. The normalized spacial score (nSPS) is 11.3. The van der Waals surface area contributed by atoms with Gasteiger partial charge in [0.1, 0.15) is 23.9 Å². The first-order valence-corrected chi connectivity index (χ1v) is 13.0. The van der Waals surface area contributed by atoms with E-state index in [0.29, 0.717) is 42.5 Å². The molecule has 0 radical (unpaired) electrons. The molecule has 9 nitrogen and oxygen atoms in total. The van der Waals surface area contributed by atoms with Crippen LogP contribution < -0.4 is 14.8 Å². The molecule has 1 N–H and O–H groups in total. The van der Waals surface area contributed by atoms with E-state index in [9.17, 15) is 9.59 Å². The number of rotatable bonds is 11. The molecule has 1 heterocycles. The lowest BCUT2D eigenvalue weighted by Gasteiger charge is -2.23. The lowest BCUT2D eigenvalue weighted by Crippen LogP contribution is -2.39. The quantitative estimate of drug-likeness (QED) is 0.350. The zero-order chi connectivity index (χ0) is 28.7. The Bertz CT molecular complexity index is 1290. The standard InChI is InChI=1S/C30H40N4O5/c1-20-10-11-25(21(2)14-20)34-27(18-26(32-34)30(3,4)5)31-28(35)19-33(12-9-13-37-6)29(36)22-15-23(38-7)17-24(16-22)39-8/h10-11,14-18H,9,12-13,19H2,1-8H3,(H,31,35). The molecule has 0 spiro atoms. The van der Waals surface area contributed by atoms with Gasteiger partial charge in [-0.05, 0) is 44.0 Å². The second kappa shape index (κ2) is 12.8. The van der Waals surface area contributed by atoms with Crippen molar-refractivity contribution in [3.05, 3.63) is 64.8 Å². The molecule has 3 aromatic rings.